The molecule has 24 heavy (non-hydrogen) atoms. The summed E-state index contributed by atoms with van der Waals surface area (Å²) >= 11 is 0. The molecule has 1 aliphatic heterocycles. The number of rotatable bonds is 5. The molecule has 0 spiro atoms. The van der Waals surface area contributed by atoms with Gasteiger partial charge in [0.2, 0.25) is 0 Å². The van der Waals surface area contributed by atoms with E-state index in [9.17, 15) is 0 Å². The van der Waals surface area contributed by atoms with Gasteiger partial charge in [-0.2, -0.15) is 5.10 Å². The summed E-state index contributed by atoms with van der Waals surface area (Å²) in [5, 5.41) is 7.70. The van der Waals surface area contributed by atoms with E-state index in [1.807, 2.05) is 25.0 Å². The van der Waals surface area contributed by atoms with Crippen LogP contribution in [0.15, 0.2) is 47.7 Å². The summed E-state index contributed by atoms with van der Waals surface area (Å²) in [5.74, 6) is 1.73. The summed E-state index contributed by atoms with van der Waals surface area (Å²) in [6.07, 6.45) is 7.35. The Morgan fingerprint density at radius 3 is 2.83 bits per heavy atom. The summed E-state index contributed by atoms with van der Waals surface area (Å²) in [6.45, 7) is 3.06. The monoisotopic (exact) mass is 325 g/mol. The Labute approximate surface area is 144 Å². The maximum atomic E-state index is 4.46. The Hall–Kier alpha value is -2.30. The molecule has 5 nitrogen and oxygen atoms in total. The minimum atomic E-state index is 0.712. The Morgan fingerprint density at radius 2 is 2.12 bits per heavy atom. The third kappa shape index (κ3) is 4.37. The zero-order valence-corrected chi connectivity index (χ0v) is 14.7. The maximum Gasteiger partial charge on any atom is 0.193 e. The average Bonchev–Trinajstić information content (AvgIpc) is 3.22. The Kier molecular flexibility index (Phi) is 5.51. The zero-order valence-electron chi connectivity index (χ0n) is 14.7. The highest BCUT2D eigenvalue weighted by atomic mass is 15.3. The first kappa shape index (κ1) is 16.6. The van der Waals surface area contributed by atoms with Crippen LogP contribution in [-0.4, -0.2) is 47.3 Å². The van der Waals surface area contributed by atoms with Crippen molar-refractivity contribution in [1.82, 2.24) is 20.0 Å². The number of hydrogen-bond acceptors (Lipinski definition) is 2. The van der Waals surface area contributed by atoms with E-state index in [4.69, 9.17) is 0 Å². The van der Waals surface area contributed by atoms with Gasteiger partial charge in [-0.25, -0.2) is 0 Å². The van der Waals surface area contributed by atoms with Crippen molar-refractivity contribution < 1.29 is 0 Å². The van der Waals surface area contributed by atoms with Crippen LogP contribution in [0.25, 0.3) is 0 Å². The van der Waals surface area contributed by atoms with Crippen LogP contribution in [0.5, 0.6) is 0 Å². The lowest BCUT2D eigenvalue weighted by atomic mass is 9.99. The van der Waals surface area contributed by atoms with Gasteiger partial charge in [-0.05, 0) is 36.3 Å². The zero-order chi connectivity index (χ0) is 16.8. The van der Waals surface area contributed by atoms with Crippen LogP contribution >= 0.6 is 0 Å². The van der Waals surface area contributed by atoms with Crippen LogP contribution in [0.2, 0.25) is 0 Å². The van der Waals surface area contributed by atoms with Gasteiger partial charge in [-0.1, -0.05) is 30.3 Å². The lowest BCUT2D eigenvalue weighted by molar-refractivity contribution is 0.460. The first-order chi connectivity index (χ1) is 11.7. The second-order valence-electron chi connectivity index (χ2n) is 6.54. The molecule has 1 aromatic heterocycles. The molecule has 0 amide bonds. The lowest BCUT2D eigenvalue weighted by Gasteiger charge is -2.21. The maximum absolute atomic E-state index is 4.46. The van der Waals surface area contributed by atoms with Crippen LogP contribution in [0, 0.1) is 5.92 Å². The van der Waals surface area contributed by atoms with Gasteiger partial charge >= 0.3 is 0 Å². The molecule has 0 saturated carbocycles. The van der Waals surface area contributed by atoms with E-state index >= 15 is 0 Å². The summed E-state index contributed by atoms with van der Waals surface area (Å²) in [6, 6.07) is 10.8. The standard InChI is InChI=1S/C19H27N5/c1-20-19(21-10-8-18-13-22-23(2)14-18)24-11-9-17(15-24)12-16-6-4-3-5-7-16/h3-7,13-14,17H,8-12,15H2,1-2H3,(H,20,21). The van der Waals surface area contributed by atoms with Gasteiger partial charge < -0.3 is 10.2 Å². The van der Waals surface area contributed by atoms with E-state index in [0.717, 1.165) is 38.4 Å². The lowest BCUT2D eigenvalue weighted by Crippen LogP contribution is -2.40. The minimum absolute atomic E-state index is 0.712. The molecule has 1 atom stereocenters. The van der Waals surface area contributed by atoms with Crippen LogP contribution in [0.3, 0.4) is 0 Å². The van der Waals surface area contributed by atoms with Crippen molar-refractivity contribution in [2.75, 3.05) is 26.7 Å². The van der Waals surface area contributed by atoms with E-state index < -0.39 is 0 Å². The van der Waals surface area contributed by atoms with Gasteiger partial charge in [0.1, 0.15) is 0 Å². The normalized spacial score (nSPS) is 18.2. The first-order valence-electron chi connectivity index (χ1n) is 8.71. The topological polar surface area (TPSA) is 45.5 Å². The van der Waals surface area contributed by atoms with E-state index in [-0.39, 0.29) is 0 Å². The first-order valence-corrected chi connectivity index (χ1v) is 8.71. The van der Waals surface area contributed by atoms with Gasteiger partial charge in [0.15, 0.2) is 5.96 Å². The van der Waals surface area contributed by atoms with Gasteiger partial charge in [-0.3, -0.25) is 9.67 Å². The fourth-order valence-corrected chi connectivity index (χ4v) is 3.39. The average molecular weight is 325 g/mol. The molecule has 1 N–H and O–H groups in total. The van der Waals surface area contributed by atoms with Crippen LogP contribution in [0.4, 0.5) is 0 Å². The van der Waals surface area contributed by atoms with E-state index in [2.05, 4.69) is 56.8 Å². The molecule has 1 unspecified atom stereocenters. The Balaban J connectivity index is 1.46. The van der Waals surface area contributed by atoms with Gasteiger partial charge in [-0.15, -0.1) is 0 Å². The quantitative estimate of drug-likeness (QED) is 0.676. The van der Waals surface area contributed by atoms with Crippen molar-refractivity contribution in [3.63, 3.8) is 0 Å². The minimum Gasteiger partial charge on any atom is -0.356 e. The molecule has 1 aromatic carbocycles. The number of guanidine groups is 1. The van der Waals surface area contributed by atoms with E-state index in [0.29, 0.717) is 5.92 Å². The largest absolute Gasteiger partial charge is 0.356 e. The van der Waals surface area contributed by atoms with Crippen molar-refractivity contribution in [3.8, 4) is 0 Å². The second-order valence-corrected chi connectivity index (χ2v) is 6.54. The number of benzene rings is 1. The molecule has 1 fully saturated rings. The predicted molar refractivity (Wildman–Crippen MR) is 98.1 cm³/mol. The molecule has 128 valence electrons. The summed E-state index contributed by atoms with van der Waals surface area (Å²) < 4.78 is 1.85. The number of nitrogens with one attached hydrogen (secondary N) is 1. The van der Waals surface area contributed by atoms with Gasteiger partial charge in [0.05, 0.1) is 6.20 Å². The van der Waals surface area contributed by atoms with Gasteiger partial charge in [0, 0.05) is 39.9 Å². The number of aliphatic imine (C=N–C) groups is 1. The third-order valence-electron chi connectivity index (χ3n) is 4.62. The number of hydrogen-bond donors (Lipinski definition) is 1. The number of aryl methyl sites for hydroxylation is 1. The highest BCUT2D eigenvalue weighted by molar-refractivity contribution is 5.80. The fourth-order valence-electron chi connectivity index (χ4n) is 3.39. The molecule has 2 heterocycles. The van der Waals surface area contributed by atoms with Crippen LogP contribution < -0.4 is 5.32 Å². The summed E-state index contributed by atoms with van der Waals surface area (Å²) in [5.41, 5.74) is 2.69. The molecule has 0 radical (unpaired) electrons. The Morgan fingerprint density at radius 1 is 1.29 bits per heavy atom. The number of nitrogens with zero attached hydrogens (tertiary/aromatic N) is 4. The van der Waals surface area contributed by atoms with Crippen molar-refractivity contribution in [3.05, 3.63) is 53.9 Å². The number of aromatic nitrogens is 2. The molecular formula is C19H27N5. The van der Waals surface area contributed by atoms with E-state index in [1.165, 1.54) is 17.5 Å². The van der Waals surface area contributed by atoms with Crippen molar-refractivity contribution in [1.29, 1.82) is 0 Å². The van der Waals surface area contributed by atoms with Crippen molar-refractivity contribution in [2.24, 2.45) is 18.0 Å². The molecule has 0 bridgehead atoms. The second kappa shape index (κ2) is 7.99. The summed E-state index contributed by atoms with van der Waals surface area (Å²) in [4.78, 5) is 6.84. The fraction of sp³-hybridized carbons (Fsp3) is 0.474. The van der Waals surface area contributed by atoms with Crippen LogP contribution in [0.1, 0.15) is 17.5 Å². The highest BCUT2D eigenvalue weighted by Gasteiger charge is 2.24. The highest BCUT2D eigenvalue weighted by Crippen LogP contribution is 2.20. The third-order valence-corrected chi connectivity index (χ3v) is 4.62. The summed E-state index contributed by atoms with van der Waals surface area (Å²) in [7, 11) is 3.82. The molecule has 1 aliphatic rings. The van der Waals surface area contributed by atoms with Crippen molar-refractivity contribution in [2.45, 2.75) is 19.3 Å². The molecule has 0 aliphatic carbocycles. The van der Waals surface area contributed by atoms with Gasteiger partial charge in [0.25, 0.3) is 0 Å². The molecule has 1 saturated heterocycles. The SMILES string of the molecule is CN=C(NCCc1cnn(C)c1)N1CCC(Cc2ccccc2)C1. The Bertz CT molecular complexity index is 661. The molecular weight excluding hydrogens is 298 g/mol. The number of likely N-dealkylation sites (tertiary alicyclic amines) is 1. The van der Waals surface area contributed by atoms with Crippen molar-refractivity contribution >= 4 is 5.96 Å². The smallest absolute Gasteiger partial charge is 0.193 e. The molecule has 3 rings (SSSR count). The molecule has 2 aromatic rings. The van der Waals surface area contributed by atoms with E-state index in [1.54, 1.807) is 0 Å². The predicted octanol–water partition coefficient (Wildman–Crippen LogP) is 2.10. The van der Waals surface area contributed by atoms with Crippen LogP contribution in [-0.2, 0) is 19.9 Å². The molecule has 5 heteroatoms.